The minimum absolute atomic E-state index is 0.788. The molecule has 0 N–H and O–H groups in total. The molecule has 1 aromatic rings. The van der Waals surface area contributed by atoms with Gasteiger partial charge in [0.1, 0.15) is 0 Å². The lowest BCUT2D eigenvalue weighted by atomic mass is 10.1. The quantitative estimate of drug-likeness (QED) is 0.665. The molecule has 1 unspecified atom stereocenters. The topological polar surface area (TPSA) is 3.24 Å². The minimum atomic E-state index is 0.788. The van der Waals surface area contributed by atoms with Gasteiger partial charge in [-0.15, -0.1) is 0 Å². The molecule has 0 aromatic heterocycles. The molecule has 0 saturated carbocycles. The van der Waals surface area contributed by atoms with Gasteiger partial charge in [-0.25, -0.2) is 0 Å². The van der Waals surface area contributed by atoms with E-state index in [4.69, 9.17) is 11.6 Å². The molecule has 0 amide bonds. The highest BCUT2D eigenvalue weighted by atomic mass is 79.9. The predicted octanol–water partition coefficient (Wildman–Crippen LogP) is 4.58. The van der Waals surface area contributed by atoms with Crippen molar-refractivity contribution in [3.63, 3.8) is 0 Å². The maximum absolute atomic E-state index is 5.97. The lowest BCUT2D eigenvalue weighted by Gasteiger charge is -2.19. The molecule has 1 rings (SSSR count). The Morgan fingerprint density at radius 2 is 2.12 bits per heavy atom. The van der Waals surface area contributed by atoms with Crippen LogP contribution < -0.4 is 0 Å². The summed E-state index contributed by atoms with van der Waals surface area (Å²) in [6, 6.07) is 8.10. The summed E-state index contributed by atoms with van der Waals surface area (Å²) in [7, 11) is 2.17. The van der Waals surface area contributed by atoms with Gasteiger partial charge < -0.3 is 4.90 Å². The van der Waals surface area contributed by atoms with Gasteiger partial charge in [0.2, 0.25) is 0 Å². The van der Waals surface area contributed by atoms with Gasteiger partial charge in [-0.1, -0.05) is 46.6 Å². The van der Waals surface area contributed by atoms with E-state index in [1.54, 1.807) is 0 Å². The third-order valence-electron chi connectivity index (χ3n) is 2.95. The van der Waals surface area contributed by atoms with Crippen LogP contribution in [0.1, 0.15) is 25.3 Å². The van der Waals surface area contributed by atoms with Crippen LogP contribution in [0.15, 0.2) is 24.3 Å². The van der Waals surface area contributed by atoms with Crippen molar-refractivity contribution in [1.82, 2.24) is 4.90 Å². The zero-order valence-electron chi connectivity index (χ0n) is 10.6. The van der Waals surface area contributed by atoms with E-state index in [1.165, 1.54) is 18.4 Å². The van der Waals surface area contributed by atoms with Crippen LogP contribution in [-0.4, -0.2) is 23.8 Å². The number of alkyl halides is 1. The summed E-state index contributed by atoms with van der Waals surface area (Å²) in [4.78, 5) is 2.36. The Bertz CT molecular complexity index is 330. The first-order valence-electron chi connectivity index (χ1n) is 6.10. The molecule has 0 aliphatic rings. The van der Waals surface area contributed by atoms with E-state index >= 15 is 0 Å². The van der Waals surface area contributed by atoms with E-state index in [0.717, 1.165) is 29.4 Å². The van der Waals surface area contributed by atoms with E-state index in [0.29, 0.717) is 0 Å². The maximum Gasteiger partial charge on any atom is 0.0409 e. The van der Waals surface area contributed by atoms with E-state index in [2.05, 4.69) is 40.9 Å². The number of rotatable bonds is 7. The molecule has 96 valence electrons. The summed E-state index contributed by atoms with van der Waals surface area (Å²) in [5.74, 6) is 0.788. The van der Waals surface area contributed by atoms with Crippen molar-refractivity contribution >= 4 is 27.5 Å². The van der Waals surface area contributed by atoms with Gasteiger partial charge in [0.15, 0.2) is 0 Å². The Morgan fingerprint density at radius 3 is 2.76 bits per heavy atom. The number of hydrogen-bond donors (Lipinski definition) is 0. The minimum Gasteiger partial charge on any atom is -0.302 e. The smallest absolute Gasteiger partial charge is 0.0409 e. The molecule has 1 nitrogen and oxygen atoms in total. The summed E-state index contributed by atoms with van der Waals surface area (Å²) in [5.41, 5.74) is 1.29. The average Bonchev–Trinajstić information content (AvgIpc) is 2.27. The van der Waals surface area contributed by atoms with Crippen molar-refractivity contribution in [2.75, 3.05) is 18.9 Å². The summed E-state index contributed by atoms with van der Waals surface area (Å²) in [6.07, 6.45) is 2.51. The normalized spacial score (nSPS) is 13.0. The third kappa shape index (κ3) is 6.44. The third-order valence-corrected chi connectivity index (χ3v) is 3.64. The molecule has 0 fully saturated rings. The first-order valence-corrected chi connectivity index (χ1v) is 7.60. The van der Waals surface area contributed by atoms with Crippen molar-refractivity contribution < 1.29 is 0 Å². The number of hydrogen-bond acceptors (Lipinski definition) is 1. The second-order valence-corrected chi connectivity index (χ2v) is 5.97. The second-order valence-electron chi connectivity index (χ2n) is 4.74. The lowest BCUT2D eigenvalue weighted by molar-refractivity contribution is 0.297. The van der Waals surface area contributed by atoms with E-state index < -0.39 is 0 Å². The van der Waals surface area contributed by atoms with Gasteiger partial charge in [0.25, 0.3) is 0 Å². The number of benzene rings is 1. The second kappa shape index (κ2) is 8.12. The van der Waals surface area contributed by atoms with Crippen molar-refractivity contribution in [3.8, 4) is 0 Å². The van der Waals surface area contributed by atoms with Crippen molar-refractivity contribution in [1.29, 1.82) is 0 Å². The van der Waals surface area contributed by atoms with Crippen LogP contribution in [0.25, 0.3) is 0 Å². The van der Waals surface area contributed by atoms with Crippen LogP contribution in [-0.2, 0) is 6.54 Å². The molecule has 0 aliphatic carbocycles. The first kappa shape index (κ1) is 15.0. The van der Waals surface area contributed by atoms with Gasteiger partial charge in [0, 0.05) is 16.9 Å². The molecular weight excluding hydrogens is 298 g/mol. The highest BCUT2D eigenvalue weighted by Crippen LogP contribution is 2.14. The van der Waals surface area contributed by atoms with E-state index in [1.807, 2.05) is 18.2 Å². The molecule has 0 aliphatic heterocycles. The van der Waals surface area contributed by atoms with Gasteiger partial charge in [-0.3, -0.25) is 0 Å². The van der Waals surface area contributed by atoms with Gasteiger partial charge in [-0.05, 0) is 50.0 Å². The molecule has 0 radical (unpaired) electrons. The zero-order valence-corrected chi connectivity index (χ0v) is 13.0. The number of halogens is 2. The summed E-state index contributed by atoms with van der Waals surface area (Å²) in [5, 5.41) is 1.93. The number of nitrogens with zero attached hydrogens (tertiary/aromatic N) is 1. The summed E-state index contributed by atoms with van der Waals surface area (Å²) < 4.78 is 0. The highest BCUT2D eigenvalue weighted by molar-refractivity contribution is 9.09. The first-order chi connectivity index (χ1) is 8.11. The molecular formula is C14H21BrClN. The highest BCUT2D eigenvalue weighted by Gasteiger charge is 2.05. The Hall–Kier alpha value is -0.0500. The van der Waals surface area contributed by atoms with Gasteiger partial charge in [0.05, 0.1) is 0 Å². The standard InChI is InChI=1S/C14H21BrClN/c1-12(6-8-15)7-9-17(2)11-13-4-3-5-14(16)10-13/h3-5,10,12H,6-9,11H2,1-2H3. The Labute approximate surface area is 118 Å². The summed E-state index contributed by atoms with van der Waals surface area (Å²) >= 11 is 9.46. The Balaban J connectivity index is 2.32. The van der Waals surface area contributed by atoms with Crippen LogP contribution in [0.5, 0.6) is 0 Å². The molecule has 1 atom stereocenters. The van der Waals surface area contributed by atoms with E-state index in [9.17, 15) is 0 Å². The summed E-state index contributed by atoms with van der Waals surface area (Å²) in [6.45, 7) is 4.43. The van der Waals surface area contributed by atoms with Crippen LogP contribution in [0, 0.1) is 5.92 Å². The van der Waals surface area contributed by atoms with Crippen LogP contribution in [0.3, 0.4) is 0 Å². The largest absolute Gasteiger partial charge is 0.302 e. The molecule has 1 aromatic carbocycles. The molecule has 0 spiro atoms. The maximum atomic E-state index is 5.97. The fourth-order valence-electron chi connectivity index (χ4n) is 1.80. The van der Waals surface area contributed by atoms with Gasteiger partial charge in [-0.2, -0.15) is 0 Å². The fraction of sp³-hybridized carbons (Fsp3) is 0.571. The molecule has 3 heteroatoms. The average molecular weight is 319 g/mol. The fourth-order valence-corrected chi connectivity index (χ4v) is 2.79. The Morgan fingerprint density at radius 1 is 1.35 bits per heavy atom. The monoisotopic (exact) mass is 317 g/mol. The van der Waals surface area contributed by atoms with Gasteiger partial charge >= 0.3 is 0 Å². The van der Waals surface area contributed by atoms with Crippen molar-refractivity contribution in [3.05, 3.63) is 34.9 Å². The molecule has 0 heterocycles. The molecule has 17 heavy (non-hydrogen) atoms. The molecule has 0 bridgehead atoms. The lowest BCUT2D eigenvalue weighted by Crippen LogP contribution is -2.20. The van der Waals surface area contributed by atoms with E-state index in [-0.39, 0.29) is 0 Å². The van der Waals surface area contributed by atoms with Crippen molar-refractivity contribution in [2.24, 2.45) is 5.92 Å². The SMILES string of the molecule is CC(CCBr)CCN(C)Cc1cccc(Cl)c1. The van der Waals surface area contributed by atoms with Crippen molar-refractivity contribution in [2.45, 2.75) is 26.3 Å². The predicted molar refractivity (Wildman–Crippen MR) is 80.0 cm³/mol. The Kier molecular flexibility index (Phi) is 7.17. The molecule has 0 saturated heterocycles. The van der Waals surface area contributed by atoms with Crippen LogP contribution in [0.2, 0.25) is 5.02 Å². The van der Waals surface area contributed by atoms with Crippen LogP contribution >= 0.6 is 27.5 Å². The zero-order chi connectivity index (χ0) is 12.7. The van der Waals surface area contributed by atoms with Crippen LogP contribution in [0.4, 0.5) is 0 Å².